The molecule has 1 heterocycles. The van der Waals surface area contributed by atoms with E-state index >= 15 is 0 Å². The van der Waals surface area contributed by atoms with Gasteiger partial charge in [-0.05, 0) is 12.1 Å². The van der Waals surface area contributed by atoms with Crippen LogP contribution in [0.4, 0.5) is 4.39 Å². The van der Waals surface area contributed by atoms with Crippen LogP contribution in [0, 0.1) is 5.82 Å². The third-order valence-electron chi connectivity index (χ3n) is 2.17. The number of fused-ring (bicyclic) bond motifs is 1. The lowest BCUT2D eigenvalue weighted by atomic mass is 10.1. The second-order valence-electron chi connectivity index (χ2n) is 2.91. The van der Waals surface area contributed by atoms with Crippen LogP contribution in [0.5, 0.6) is 5.75 Å². The molecule has 2 N–H and O–H groups in total. The van der Waals surface area contributed by atoms with Crippen molar-refractivity contribution < 1.29 is 14.0 Å². The van der Waals surface area contributed by atoms with Crippen LogP contribution in [0.2, 0.25) is 0 Å². The molecule has 3 nitrogen and oxygen atoms in total. The highest BCUT2D eigenvalue weighted by atomic mass is 19.1. The van der Waals surface area contributed by atoms with Crippen LogP contribution in [-0.2, 0) is 17.9 Å². The monoisotopic (exact) mass is 183 g/mol. The molecule has 0 atom stereocenters. The average Bonchev–Trinajstić information content (AvgIpc) is 2.58. The number of ether oxygens (including phenoxy) is 1. The quantitative estimate of drug-likeness (QED) is 0.699. The SMILES string of the molecule is NOCc1c(F)ccc2c1CCO2. The van der Waals surface area contributed by atoms with E-state index in [2.05, 4.69) is 4.84 Å². The predicted octanol–water partition coefficient (Wildman–Crippen LogP) is 1.15. The van der Waals surface area contributed by atoms with Crippen molar-refractivity contribution in [3.63, 3.8) is 0 Å². The van der Waals surface area contributed by atoms with Crippen LogP contribution in [0.1, 0.15) is 11.1 Å². The summed E-state index contributed by atoms with van der Waals surface area (Å²) in [4.78, 5) is 4.44. The van der Waals surface area contributed by atoms with Gasteiger partial charge in [0, 0.05) is 17.5 Å². The third-order valence-corrected chi connectivity index (χ3v) is 2.17. The van der Waals surface area contributed by atoms with Gasteiger partial charge in [0.2, 0.25) is 0 Å². The molecular formula is C9H10FNO2. The van der Waals surface area contributed by atoms with Gasteiger partial charge in [-0.15, -0.1) is 0 Å². The van der Waals surface area contributed by atoms with E-state index in [-0.39, 0.29) is 12.4 Å². The van der Waals surface area contributed by atoms with Gasteiger partial charge in [-0.2, -0.15) is 0 Å². The molecule has 0 spiro atoms. The number of halogens is 1. The molecule has 0 radical (unpaired) electrons. The molecule has 0 aromatic heterocycles. The molecule has 1 aromatic carbocycles. The Kier molecular flexibility index (Phi) is 2.16. The maximum Gasteiger partial charge on any atom is 0.129 e. The standard InChI is InChI=1S/C9H10FNO2/c10-8-1-2-9-6(3-4-12-9)7(8)5-13-11/h1-2H,3-5,11H2. The van der Waals surface area contributed by atoms with Crippen molar-refractivity contribution in [3.8, 4) is 5.75 Å². The van der Waals surface area contributed by atoms with E-state index in [0.717, 1.165) is 17.7 Å². The Morgan fingerprint density at radius 3 is 3.15 bits per heavy atom. The molecule has 70 valence electrons. The van der Waals surface area contributed by atoms with E-state index in [1.165, 1.54) is 6.07 Å². The minimum Gasteiger partial charge on any atom is -0.493 e. The molecule has 0 bridgehead atoms. The maximum atomic E-state index is 13.2. The second kappa shape index (κ2) is 3.32. The summed E-state index contributed by atoms with van der Waals surface area (Å²) < 4.78 is 18.5. The smallest absolute Gasteiger partial charge is 0.129 e. The predicted molar refractivity (Wildman–Crippen MR) is 44.6 cm³/mol. The minimum atomic E-state index is -0.283. The van der Waals surface area contributed by atoms with Crippen LogP contribution >= 0.6 is 0 Å². The van der Waals surface area contributed by atoms with Crippen molar-refractivity contribution in [2.45, 2.75) is 13.0 Å². The Hall–Kier alpha value is -1.13. The van der Waals surface area contributed by atoms with E-state index in [1.807, 2.05) is 0 Å². The first-order valence-electron chi connectivity index (χ1n) is 4.07. The fourth-order valence-electron chi connectivity index (χ4n) is 1.55. The number of hydrogen-bond donors (Lipinski definition) is 1. The maximum absolute atomic E-state index is 13.2. The van der Waals surface area contributed by atoms with E-state index in [4.69, 9.17) is 10.6 Å². The molecule has 0 fully saturated rings. The van der Waals surface area contributed by atoms with Gasteiger partial charge in [0.15, 0.2) is 0 Å². The van der Waals surface area contributed by atoms with Crippen molar-refractivity contribution in [3.05, 3.63) is 29.1 Å². The molecule has 0 amide bonds. The van der Waals surface area contributed by atoms with Gasteiger partial charge in [-0.25, -0.2) is 10.3 Å². The van der Waals surface area contributed by atoms with Crippen LogP contribution < -0.4 is 10.6 Å². The Balaban J connectivity index is 2.45. The molecule has 0 saturated carbocycles. The van der Waals surface area contributed by atoms with Gasteiger partial charge in [-0.3, -0.25) is 4.84 Å². The largest absolute Gasteiger partial charge is 0.493 e. The van der Waals surface area contributed by atoms with Gasteiger partial charge >= 0.3 is 0 Å². The van der Waals surface area contributed by atoms with Crippen LogP contribution in [-0.4, -0.2) is 6.61 Å². The Labute approximate surface area is 75.2 Å². The molecule has 4 heteroatoms. The summed E-state index contributed by atoms with van der Waals surface area (Å²) in [6.07, 6.45) is 0.728. The molecule has 1 aliphatic rings. The lowest BCUT2D eigenvalue weighted by Gasteiger charge is -2.06. The van der Waals surface area contributed by atoms with Crippen molar-refractivity contribution in [1.82, 2.24) is 0 Å². The topological polar surface area (TPSA) is 44.5 Å². The highest BCUT2D eigenvalue weighted by molar-refractivity contribution is 5.43. The first kappa shape index (κ1) is 8.47. The minimum absolute atomic E-state index is 0.0956. The lowest BCUT2D eigenvalue weighted by molar-refractivity contribution is 0.121. The van der Waals surface area contributed by atoms with Gasteiger partial charge in [0.1, 0.15) is 11.6 Å². The molecule has 1 aromatic rings. The molecule has 0 saturated heterocycles. The molecule has 2 rings (SSSR count). The van der Waals surface area contributed by atoms with E-state index in [9.17, 15) is 4.39 Å². The Morgan fingerprint density at radius 2 is 2.38 bits per heavy atom. The van der Waals surface area contributed by atoms with Crippen molar-refractivity contribution >= 4 is 0 Å². The number of nitrogens with two attached hydrogens (primary N) is 1. The van der Waals surface area contributed by atoms with Crippen LogP contribution in [0.25, 0.3) is 0 Å². The van der Waals surface area contributed by atoms with Gasteiger partial charge < -0.3 is 4.74 Å². The summed E-state index contributed by atoms with van der Waals surface area (Å²) in [5.41, 5.74) is 1.39. The first-order valence-corrected chi connectivity index (χ1v) is 4.07. The normalized spacial score (nSPS) is 14.0. The summed E-state index contributed by atoms with van der Waals surface area (Å²) >= 11 is 0. The van der Waals surface area contributed by atoms with Crippen LogP contribution in [0.15, 0.2) is 12.1 Å². The fraction of sp³-hybridized carbons (Fsp3) is 0.333. The fourth-order valence-corrected chi connectivity index (χ4v) is 1.55. The van der Waals surface area contributed by atoms with E-state index in [1.54, 1.807) is 6.07 Å². The van der Waals surface area contributed by atoms with E-state index < -0.39 is 0 Å². The van der Waals surface area contributed by atoms with Crippen molar-refractivity contribution in [2.75, 3.05) is 6.61 Å². The zero-order chi connectivity index (χ0) is 9.26. The zero-order valence-corrected chi connectivity index (χ0v) is 7.05. The Morgan fingerprint density at radius 1 is 1.54 bits per heavy atom. The van der Waals surface area contributed by atoms with Crippen LogP contribution in [0.3, 0.4) is 0 Å². The van der Waals surface area contributed by atoms with Crippen molar-refractivity contribution in [2.24, 2.45) is 5.90 Å². The highest BCUT2D eigenvalue weighted by Gasteiger charge is 2.18. The van der Waals surface area contributed by atoms with Gasteiger partial charge in [0.05, 0.1) is 13.2 Å². The summed E-state index contributed by atoms with van der Waals surface area (Å²) in [6, 6.07) is 3.01. The highest BCUT2D eigenvalue weighted by Crippen LogP contribution is 2.30. The van der Waals surface area contributed by atoms with Gasteiger partial charge in [-0.1, -0.05) is 0 Å². The van der Waals surface area contributed by atoms with E-state index in [0.29, 0.717) is 12.2 Å². The second-order valence-corrected chi connectivity index (χ2v) is 2.91. The summed E-state index contributed by atoms with van der Waals surface area (Å²) in [6.45, 7) is 0.703. The molecule has 0 aliphatic carbocycles. The summed E-state index contributed by atoms with van der Waals surface area (Å²) in [7, 11) is 0. The molecular weight excluding hydrogens is 173 g/mol. The molecule has 13 heavy (non-hydrogen) atoms. The lowest BCUT2D eigenvalue weighted by Crippen LogP contribution is -2.03. The Bertz CT molecular complexity index is 328. The van der Waals surface area contributed by atoms with Crippen molar-refractivity contribution in [1.29, 1.82) is 0 Å². The number of hydrogen-bond acceptors (Lipinski definition) is 3. The average molecular weight is 183 g/mol. The van der Waals surface area contributed by atoms with Gasteiger partial charge in [0.25, 0.3) is 0 Å². The number of rotatable bonds is 2. The molecule has 0 unspecified atom stereocenters. The first-order chi connectivity index (χ1) is 6.33. The summed E-state index contributed by atoms with van der Waals surface area (Å²) in [5.74, 6) is 5.38. The molecule has 1 aliphatic heterocycles. The summed E-state index contributed by atoms with van der Waals surface area (Å²) in [5, 5.41) is 0. The third kappa shape index (κ3) is 1.38. The number of benzene rings is 1. The zero-order valence-electron chi connectivity index (χ0n) is 7.05.